The van der Waals surface area contributed by atoms with Crippen LogP contribution in [0.25, 0.3) is 43.1 Å². The Bertz CT molecular complexity index is 3020. The summed E-state index contributed by atoms with van der Waals surface area (Å²) in [7, 11) is 1.56. The minimum Gasteiger partial charge on any atom is -0.463 e. The standard InChI is InChI=1S/C58H64N2O17/c1-31(2)24-35(26-73-46(61)18-19-47(62)77-37(28-75-57(68)33(5)6)29-76-58(69)34(7)8)59-53(64)42-14-10-38-40-12-16-44-52-45(17-13-41(50(40)52)39-11-15-43(54(59)65)51(42)49(38)39)56(67)60(55(44)66)36(25-32(3)4)27-74-48(63)30-72-23-22-71-21-20-70-9/h10-17,31-32,35-37H,5,7,18-30H2,1-4,6,8-9H3. The van der Waals surface area contributed by atoms with E-state index in [-0.39, 0.29) is 73.6 Å². The first-order valence-corrected chi connectivity index (χ1v) is 25.5. The quantitative estimate of drug-likeness (QED) is 0.00899. The van der Waals surface area contributed by atoms with E-state index in [0.717, 1.165) is 4.90 Å². The number of imide groups is 2. The number of nitrogens with zero attached hydrogens (tertiary/aromatic N) is 2. The van der Waals surface area contributed by atoms with Crippen LogP contribution in [0.1, 0.15) is 109 Å². The van der Waals surface area contributed by atoms with Gasteiger partial charge in [0.2, 0.25) is 0 Å². The summed E-state index contributed by atoms with van der Waals surface area (Å²) in [6.45, 7) is 17.0. The normalized spacial score (nSPS) is 14.1. The maximum Gasteiger partial charge on any atom is 0.333 e. The third-order valence-electron chi connectivity index (χ3n) is 13.1. The average Bonchev–Trinajstić information content (AvgIpc) is 3.50. The molecule has 0 aliphatic carbocycles. The monoisotopic (exact) mass is 1060 g/mol. The van der Waals surface area contributed by atoms with Crippen molar-refractivity contribution in [3.8, 4) is 0 Å². The summed E-state index contributed by atoms with van der Waals surface area (Å²) < 4.78 is 42.4. The van der Waals surface area contributed by atoms with Gasteiger partial charge in [-0.15, -0.1) is 0 Å². The number of carbonyl (C=O) groups is 9. The summed E-state index contributed by atoms with van der Waals surface area (Å²) in [5.41, 5.74) is 1.31. The van der Waals surface area contributed by atoms with E-state index in [9.17, 15) is 43.2 Å². The molecule has 408 valence electrons. The molecule has 7 rings (SSSR count). The molecule has 0 aromatic heterocycles. The van der Waals surface area contributed by atoms with Gasteiger partial charge in [-0.25, -0.2) is 14.4 Å². The minimum atomic E-state index is -1.20. The van der Waals surface area contributed by atoms with Gasteiger partial charge in [-0.1, -0.05) is 65.1 Å². The lowest BCUT2D eigenvalue weighted by Crippen LogP contribution is -2.50. The van der Waals surface area contributed by atoms with Gasteiger partial charge in [0.25, 0.3) is 23.6 Å². The van der Waals surface area contributed by atoms with E-state index in [0.29, 0.717) is 73.9 Å². The number of fused-ring (bicyclic) bond motifs is 2. The van der Waals surface area contributed by atoms with E-state index in [1.807, 2.05) is 39.8 Å². The summed E-state index contributed by atoms with van der Waals surface area (Å²) in [4.78, 5) is 124. The van der Waals surface area contributed by atoms with Crippen LogP contribution >= 0.6 is 0 Å². The van der Waals surface area contributed by atoms with E-state index < -0.39 is 97.7 Å². The van der Waals surface area contributed by atoms with Gasteiger partial charge >= 0.3 is 29.8 Å². The predicted molar refractivity (Wildman–Crippen MR) is 281 cm³/mol. The second-order valence-electron chi connectivity index (χ2n) is 20.1. The third-order valence-corrected chi connectivity index (χ3v) is 13.1. The molecule has 4 amide bonds. The number of rotatable bonds is 28. The first kappa shape index (κ1) is 57.1. The highest BCUT2D eigenvalue weighted by atomic mass is 16.6. The first-order chi connectivity index (χ1) is 36.7. The number of hydrogen-bond acceptors (Lipinski definition) is 17. The van der Waals surface area contributed by atoms with Crippen molar-refractivity contribution in [3.05, 3.63) is 95.1 Å². The first-order valence-electron chi connectivity index (χ1n) is 25.5. The van der Waals surface area contributed by atoms with E-state index in [1.54, 1.807) is 43.5 Å². The van der Waals surface area contributed by atoms with Gasteiger partial charge in [-0.05, 0) is 95.1 Å². The Balaban J connectivity index is 1.09. The predicted octanol–water partition coefficient (Wildman–Crippen LogP) is 7.46. The molecule has 5 aromatic carbocycles. The molecule has 0 radical (unpaired) electrons. The molecule has 0 N–H and O–H groups in total. The van der Waals surface area contributed by atoms with Crippen LogP contribution in [0.3, 0.4) is 0 Å². The average molecular weight is 1060 g/mol. The number of benzene rings is 5. The zero-order valence-corrected chi connectivity index (χ0v) is 44.4. The summed E-state index contributed by atoms with van der Waals surface area (Å²) in [5, 5.41) is 5.02. The number of methoxy groups -OCH3 is 1. The third kappa shape index (κ3) is 12.6. The van der Waals surface area contributed by atoms with Crippen molar-refractivity contribution in [3.63, 3.8) is 0 Å². The SMILES string of the molecule is C=C(C)C(=O)OCC(COC(=O)C(=C)C)OC(=O)CCC(=O)OCC(CC(C)C)N1C(=O)c2ccc3c4ccc5c6c(ccc(c7ccc(c2c37)C1=O)c64)C(=O)N(C(COC(=O)COCCOCCOC)CC(C)C)C5=O. The fourth-order valence-electron chi connectivity index (χ4n) is 9.71. The zero-order valence-electron chi connectivity index (χ0n) is 44.4. The highest BCUT2D eigenvalue weighted by molar-refractivity contribution is 6.41. The van der Waals surface area contributed by atoms with E-state index in [4.69, 9.17) is 37.9 Å². The van der Waals surface area contributed by atoms with Crippen LogP contribution in [0, 0.1) is 11.8 Å². The Morgan fingerprint density at radius 1 is 0.481 bits per heavy atom. The Hall–Kier alpha value is -7.61. The lowest BCUT2D eigenvalue weighted by molar-refractivity contribution is -0.165. The van der Waals surface area contributed by atoms with Crippen molar-refractivity contribution >= 4 is 96.6 Å². The molecule has 77 heavy (non-hydrogen) atoms. The van der Waals surface area contributed by atoms with Gasteiger partial charge in [0.1, 0.15) is 33.0 Å². The Kier molecular flexibility index (Phi) is 18.6. The summed E-state index contributed by atoms with van der Waals surface area (Å²) in [6.07, 6.45) is -1.46. The molecule has 19 nitrogen and oxygen atoms in total. The highest BCUT2D eigenvalue weighted by Gasteiger charge is 2.42. The molecule has 0 saturated heterocycles. The van der Waals surface area contributed by atoms with Gasteiger partial charge in [0, 0.05) is 51.3 Å². The number of amides is 4. The summed E-state index contributed by atoms with van der Waals surface area (Å²) in [5.74, 6) is -6.11. The van der Waals surface area contributed by atoms with E-state index in [1.165, 1.54) is 18.7 Å². The molecule has 2 unspecified atom stereocenters. The molecule has 0 fully saturated rings. The Morgan fingerprint density at radius 2 is 0.857 bits per heavy atom. The lowest BCUT2D eigenvalue weighted by Gasteiger charge is -2.35. The molecule has 2 aliphatic heterocycles. The van der Waals surface area contributed by atoms with Crippen molar-refractivity contribution in [2.24, 2.45) is 11.8 Å². The van der Waals surface area contributed by atoms with Crippen LogP contribution in [0.15, 0.2) is 72.8 Å². The van der Waals surface area contributed by atoms with Crippen LogP contribution in [0.2, 0.25) is 0 Å². The fraction of sp³-hybridized carbons (Fsp3) is 0.431. The number of esters is 5. The van der Waals surface area contributed by atoms with Gasteiger partial charge in [0.05, 0.1) is 51.4 Å². The van der Waals surface area contributed by atoms with Gasteiger partial charge < -0.3 is 37.9 Å². The molecule has 19 heteroatoms. The largest absolute Gasteiger partial charge is 0.463 e. The van der Waals surface area contributed by atoms with Gasteiger partial charge in [-0.2, -0.15) is 0 Å². The van der Waals surface area contributed by atoms with Crippen LogP contribution in [-0.2, 0) is 61.9 Å². The zero-order chi connectivity index (χ0) is 55.8. The van der Waals surface area contributed by atoms with Crippen molar-refractivity contribution in [1.29, 1.82) is 0 Å². The molecule has 2 aliphatic rings. The molecular weight excluding hydrogens is 997 g/mol. The summed E-state index contributed by atoms with van der Waals surface area (Å²) in [6, 6.07) is 12.2. The maximum atomic E-state index is 14.7. The molecule has 2 heterocycles. The molecule has 0 bridgehead atoms. The highest BCUT2D eigenvalue weighted by Crippen LogP contribution is 2.47. The van der Waals surface area contributed by atoms with Crippen molar-refractivity contribution in [2.45, 2.75) is 85.4 Å². The molecule has 5 aromatic rings. The molecule has 0 spiro atoms. The van der Waals surface area contributed by atoms with E-state index in [2.05, 4.69) is 13.2 Å². The van der Waals surface area contributed by atoms with E-state index >= 15 is 0 Å². The number of carbonyl (C=O) groups excluding carboxylic acids is 9. The van der Waals surface area contributed by atoms with Crippen LogP contribution < -0.4 is 0 Å². The van der Waals surface area contributed by atoms with Crippen LogP contribution in [0.5, 0.6) is 0 Å². The smallest absolute Gasteiger partial charge is 0.333 e. The number of hydrogen-bond donors (Lipinski definition) is 0. The lowest BCUT2D eigenvalue weighted by atomic mass is 9.81. The second kappa shape index (κ2) is 25.0. The van der Waals surface area contributed by atoms with Crippen molar-refractivity contribution in [1.82, 2.24) is 9.80 Å². The van der Waals surface area contributed by atoms with Gasteiger partial charge in [-0.3, -0.25) is 38.6 Å². The van der Waals surface area contributed by atoms with Gasteiger partial charge in [0.15, 0.2) is 6.10 Å². The molecular formula is C58H64N2O17. The minimum absolute atomic E-state index is 0.0270. The Morgan fingerprint density at radius 3 is 1.25 bits per heavy atom. The molecule has 2 atom stereocenters. The second-order valence-corrected chi connectivity index (χ2v) is 20.1. The van der Waals surface area contributed by atoms with Crippen molar-refractivity contribution < 1.29 is 81.0 Å². The molecule has 0 saturated carbocycles. The topological polar surface area (TPSA) is 234 Å². The van der Waals surface area contributed by atoms with Crippen LogP contribution in [0.4, 0.5) is 0 Å². The van der Waals surface area contributed by atoms with Crippen LogP contribution in [-0.4, -0.2) is 148 Å². The number of ether oxygens (including phenoxy) is 8. The maximum absolute atomic E-state index is 14.7. The Labute approximate surface area is 444 Å². The fourth-order valence-corrected chi connectivity index (χ4v) is 9.71. The summed E-state index contributed by atoms with van der Waals surface area (Å²) >= 11 is 0. The van der Waals surface area contributed by atoms with Crippen molar-refractivity contribution in [2.75, 3.05) is 66.6 Å².